The van der Waals surface area contributed by atoms with Gasteiger partial charge < -0.3 is 4.74 Å². The minimum atomic E-state index is -0.935. The van der Waals surface area contributed by atoms with Crippen LogP contribution in [0.25, 0.3) is 10.4 Å². The van der Waals surface area contributed by atoms with Crippen molar-refractivity contribution in [2.75, 3.05) is 19.7 Å². The van der Waals surface area contributed by atoms with Crippen molar-refractivity contribution in [3.63, 3.8) is 0 Å². The summed E-state index contributed by atoms with van der Waals surface area (Å²) in [5, 5.41) is 6.63. The number of carbonyl (C=O) groups excluding carboxylic acids is 1. The number of rotatable bonds is 8. The van der Waals surface area contributed by atoms with E-state index >= 15 is 0 Å². The second-order valence-corrected chi connectivity index (χ2v) is 4.32. The van der Waals surface area contributed by atoms with E-state index in [1.54, 1.807) is 38.4 Å². The maximum absolute atomic E-state index is 12.2. The molecule has 1 rings (SSSR count). The third-order valence-electron chi connectivity index (χ3n) is 2.92. The highest BCUT2D eigenvalue weighted by atomic mass is 16.5. The first-order valence-electron chi connectivity index (χ1n) is 6.48. The molecule has 20 heavy (non-hydrogen) atoms. The van der Waals surface area contributed by atoms with Crippen molar-refractivity contribution < 1.29 is 9.53 Å². The lowest BCUT2D eigenvalue weighted by Crippen LogP contribution is -2.48. The minimum absolute atomic E-state index is 0.319. The van der Waals surface area contributed by atoms with Crippen LogP contribution >= 0.6 is 0 Å². The number of esters is 1. The first-order valence-corrected chi connectivity index (χ1v) is 6.48. The van der Waals surface area contributed by atoms with Crippen LogP contribution in [0, 0.1) is 0 Å². The molecule has 108 valence electrons. The van der Waals surface area contributed by atoms with Crippen LogP contribution in [0.2, 0.25) is 0 Å². The molecule has 1 unspecified atom stereocenters. The Labute approximate surface area is 118 Å². The summed E-state index contributed by atoms with van der Waals surface area (Å²) in [4.78, 5) is 18.8. The van der Waals surface area contributed by atoms with Crippen molar-refractivity contribution in [2.45, 2.75) is 25.8 Å². The molecule has 1 aromatic heterocycles. The Morgan fingerprint density at radius 2 is 2.25 bits per heavy atom. The van der Waals surface area contributed by atoms with E-state index in [2.05, 4.69) is 20.3 Å². The van der Waals surface area contributed by atoms with Gasteiger partial charge in [0.15, 0.2) is 0 Å². The van der Waals surface area contributed by atoms with Crippen LogP contribution < -0.4 is 5.32 Å². The number of azide groups is 1. The molecular weight excluding hydrogens is 258 g/mol. The van der Waals surface area contributed by atoms with Crippen LogP contribution in [0.5, 0.6) is 0 Å². The van der Waals surface area contributed by atoms with Gasteiger partial charge in [-0.05, 0) is 50.0 Å². The molecule has 0 aliphatic carbocycles. The zero-order valence-electron chi connectivity index (χ0n) is 11.7. The van der Waals surface area contributed by atoms with Crippen LogP contribution in [-0.2, 0) is 15.1 Å². The molecule has 0 aliphatic heterocycles. The van der Waals surface area contributed by atoms with Crippen LogP contribution in [-0.4, -0.2) is 30.6 Å². The van der Waals surface area contributed by atoms with Gasteiger partial charge in [-0.1, -0.05) is 5.11 Å². The maximum Gasteiger partial charge on any atom is 0.330 e. The summed E-state index contributed by atoms with van der Waals surface area (Å²) in [6.07, 6.45) is 3.91. The third kappa shape index (κ3) is 4.22. The second kappa shape index (κ2) is 8.14. The average Bonchev–Trinajstić information content (AvgIpc) is 2.48. The highest BCUT2D eigenvalue weighted by Gasteiger charge is 2.35. The number of ether oxygens (including phenoxy) is 1. The van der Waals surface area contributed by atoms with E-state index in [9.17, 15) is 4.79 Å². The predicted octanol–water partition coefficient (Wildman–Crippen LogP) is 2.15. The third-order valence-corrected chi connectivity index (χ3v) is 2.92. The SMILES string of the molecule is CCOC(=O)C(C)(NCCCN=[N+]=[N-])c1ccncc1. The number of nitrogens with one attached hydrogen (secondary N) is 1. The first-order chi connectivity index (χ1) is 9.65. The Balaban J connectivity index is 2.79. The summed E-state index contributed by atoms with van der Waals surface area (Å²) in [6, 6.07) is 3.55. The standard InChI is InChI=1S/C13H19N5O2/c1-3-20-12(19)13(2,11-5-9-15-10-6-11)16-7-4-8-17-18-14/h5-6,9-10,16H,3-4,7-8H2,1-2H3. The number of nitrogens with zero attached hydrogens (tertiary/aromatic N) is 4. The highest BCUT2D eigenvalue weighted by Crippen LogP contribution is 2.21. The topological polar surface area (TPSA) is 100.0 Å². The van der Waals surface area contributed by atoms with Gasteiger partial charge in [-0.25, -0.2) is 4.79 Å². The minimum Gasteiger partial charge on any atom is -0.464 e. The van der Waals surface area contributed by atoms with E-state index in [1.165, 1.54) is 0 Å². The number of hydrogen-bond donors (Lipinski definition) is 1. The van der Waals surface area contributed by atoms with Gasteiger partial charge in [-0.2, -0.15) is 0 Å². The number of hydrogen-bond acceptors (Lipinski definition) is 5. The fourth-order valence-electron chi connectivity index (χ4n) is 1.79. The molecule has 1 aromatic rings. The molecule has 0 fully saturated rings. The van der Waals surface area contributed by atoms with E-state index in [-0.39, 0.29) is 5.97 Å². The molecule has 1 N–H and O–H groups in total. The van der Waals surface area contributed by atoms with Crippen LogP contribution in [0.3, 0.4) is 0 Å². The lowest BCUT2D eigenvalue weighted by Gasteiger charge is -2.29. The summed E-state index contributed by atoms with van der Waals surface area (Å²) in [6.45, 7) is 4.79. The summed E-state index contributed by atoms with van der Waals surface area (Å²) >= 11 is 0. The molecule has 0 aliphatic rings. The summed E-state index contributed by atoms with van der Waals surface area (Å²) < 4.78 is 5.14. The van der Waals surface area contributed by atoms with Crippen molar-refractivity contribution in [3.8, 4) is 0 Å². The van der Waals surface area contributed by atoms with Crippen molar-refractivity contribution in [2.24, 2.45) is 5.11 Å². The average molecular weight is 277 g/mol. The van der Waals surface area contributed by atoms with Gasteiger partial charge in [0.05, 0.1) is 6.61 Å². The largest absolute Gasteiger partial charge is 0.464 e. The summed E-state index contributed by atoms with van der Waals surface area (Å²) in [5.41, 5.74) is 8.07. The number of pyridine rings is 1. The van der Waals surface area contributed by atoms with Gasteiger partial charge in [0.1, 0.15) is 5.54 Å². The molecule has 0 bridgehead atoms. The van der Waals surface area contributed by atoms with Gasteiger partial charge in [0.2, 0.25) is 0 Å². The van der Waals surface area contributed by atoms with Crippen molar-refractivity contribution in [3.05, 3.63) is 40.5 Å². The molecule has 0 aromatic carbocycles. The van der Waals surface area contributed by atoms with E-state index in [4.69, 9.17) is 10.3 Å². The zero-order chi connectivity index (χ0) is 14.8. The van der Waals surface area contributed by atoms with Gasteiger partial charge in [-0.15, -0.1) is 0 Å². The Morgan fingerprint density at radius 3 is 2.85 bits per heavy atom. The Morgan fingerprint density at radius 1 is 1.55 bits per heavy atom. The molecule has 0 saturated carbocycles. The first kappa shape index (κ1) is 15.9. The van der Waals surface area contributed by atoms with Gasteiger partial charge in [0, 0.05) is 23.9 Å². The maximum atomic E-state index is 12.2. The van der Waals surface area contributed by atoms with E-state index < -0.39 is 5.54 Å². The quantitative estimate of drug-likeness (QED) is 0.258. The molecule has 7 heteroatoms. The van der Waals surface area contributed by atoms with Gasteiger partial charge in [0.25, 0.3) is 0 Å². The normalized spacial score (nSPS) is 13.1. The monoisotopic (exact) mass is 277 g/mol. The van der Waals surface area contributed by atoms with E-state index in [0.717, 1.165) is 5.56 Å². The Hall–Kier alpha value is -2.11. The molecule has 1 atom stereocenters. The molecule has 0 amide bonds. The highest BCUT2D eigenvalue weighted by molar-refractivity contribution is 5.82. The molecule has 0 radical (unpaired) electrons. The lowest BCUT2D eigenvalue weighted by atomic mass is 9.92. The number of aromatic nitrogens is 1. The summed E-state index contributed by atoms with van der Waals surface area (Å²) in [7, 11) is 0. The lowest BCUT2D eigenvalue weighted by molar-refractivity contribution is -0.151. The van der Waals surface area contributed by atoms with Crippen LogP contribution in [0.1, 0.15) is 25.8 Å². The predicted molar refractivity (Wildman–Crippen MR) is 74.9 cm³/mol. The van der Waals surface area contributed by atoms with Crippen molar-refractivity contribution in [1.29, 1.82) is 0 Å². The van der Waals surface area contributed by atoms with Crippen molar-refractivity contribution >= 4 is 5.97 Å². The van der Waals surface area contributed by atoms with Gasteiger partial charge >= 0.3 is 5.97 Å². The fourth-order valence-corrected chi connectivity index (χ4v) is 1.79. The second-order valence-electron chi connectivity index (χ2n) is 4.32. The molecular formula is C13H19N5O2. The smallest absolute Gasteiger partial charge is 0.330 e. The molecule has 1 heterocycles. The van der Waals surface area contributed by atoms with Crippen LogP contribution in [0.15, 0.2) is 29.6 Å². The Kier molecular flexibility index (Phi) is 6.49. The van der Waals surface area contributed by atoms with Crippen LogP contribution in [0.4, 0.5) is 0 Å². The van der Waals surface area contributed by atoms with Crippen molar-refractivity contribution in [1.82, 2.24) is 10.3 Å². The zero-order valence-corrected chi connectivity index (χ0v) is 11.7. The van der Waals surface area contributed by atoms with Gasteiger partial charge in [-0.3, -0.25) is 10.3 Å². The Bertz CT molecular complexity index is 473. The summed E-state index contributed by atoms with van der Waals surface area (Å²) in [5.74, 6) is -0.338. The molecule has 0 saturated heterocycles. The molecule has 7 nitrogen and oxygen atoms in total. The van der Waals surface area contributed by atoms with E-state index in [0.29, 0.717) is 26.1 Å². The van der Waals surface area contributed by atoms with E-state index in [1.807, 2.05) is 0 Å². The number of carbonyl (C=O) groups is 1. The fraction of sp³-hybridized carbons (Fsp3) is 0.538. The molecule has 0 spiro atoms.